The van der Waals surface area contributed by atoms with Crippen molar-refractivity contribution in [1.82, 2.24) is 10.6 Å². The molecule has 2 N–H and O–H groups in total. The summed E-state index contributed by atoms with van der Waals surface area (Å²) in [4.78, 5) is 40.1. The summed E-state index contributed by atoms with van der Waals surface area (Å²) in [6, 6.07) is 35.2. The topological polar surface area (TPSA) is 84.5 Å². The fourth-order valence-corrected chi connectivity index (χ4v) is 5.74. The summed E-state index contributed by atoms with van der Waals surface area (Å²) in [5, 5.41) is 5.70. The molecular weight excluding hydrogens is 580 g/mol. The zero-order valence-corrected chi connectivity index (χ0v) is 27.0. The van der Waals surface area contributed by atoms with Gasteiger partial charge in [0, 0.05) is 12.2 Å². The highest BCUT2D eigenvalue weighted by Gasteiger charge is 2.28. The van der Waals surface area contributed by atoms with Crippen LogP contribution in [0.25, 0.3) is 0 Å². The van der Waals surface area contributed by atoms with Crippen molar-refractivity contribution in [1.29, 1.82) is 0 Å². The van der Waals surface area contributed by atoms with Gasteiger partial charge in [-0.3, -0.25) is 9.59 Å². The van der Waals surface area contributed by atoms with Gasteiger partial charge in [0.15, 0.2) is 5.78 Å². The summed E-state index contributed by atoms with van der Waals surface area (Å²) in [7, 11) is 0. The second-order valence-electron chi connectivity index (χ2n) is 12.1. The standard InChI is InChI=1S/C38H42N2O4S/c1-38(2,3)32-21-19-31(20-22-32)26-45-27-35(41)33(23-28-13-7-4-8-14-28)39-36(42)34(24-29-15-9-5-10-16-29)40-37(43)44-25-30-17-11-6-12-18-30/h4-22,33-34H,23-27H2,1-3H3,(H,39,42)(H,40,43)/t33?,34-/m0/s1. The van der Waals surface area contributed by atoms with Crippen LogP contribution in [-0.4, -0.2) is 35.6 Å². The smallest absolute Gasteiger partial charge is 0.408 e. The zero-order valence-electron chi connectivity index (χ0n) is 26.2. The largest absolute Gasteiger partial charge is 0.445 e. The molecular formula is C38H42N2O4S. The Morgan fingerprint density at radius 1 is 0.644 bits per heavy atom. The number of carbonyl (C=O) groups excluding carboxylic acids is 3. The van der Waals surface area contributed by atoms with Crippen LogP contribution < -0.4 is 10.6 Å². The Bertz CT molecular complexity index is 1500. The predicted octanol–water partition coefficient (Wildman–Crippen LogP) is 7.05. The minimum Gasteiger partial charge on any atom is -0.445 e. The number of Topliss-reactive ketones (excluding diaryl/α,β-unsaturated/α-hetero) is 1. The van der Waals surface area contributed by atoms with E-state index in [-0.39, 0.29) is 30.0 Å². The van der Waals surface area contributed by atoms with Crippen molar-refractivity contribution in [2.24, 2.45) is 0 Å². The van der Waals surface area contributed by atoms with Crippen LogP contribution in [0.2, 0.25) is 0 Å². The summed E-state index contributed by atoms with van der Waals surface area (Å²) in [5.74, 6) is 0.420. The van der Waals surface area contributed by atoms with E-state index in [0.29, 0.717) is 12.2 Å². The molecule has 7 heteroatoms. The van der Waals surface area contributed by atoms with Crippen LogP contribution in [0.1, 0.15) is 48.6 Å². The Labute approximate surface area is 271 Å². The van der Waals surface area contributed by atoms with E-state index < -0.39 is 24.1 Å². The van der Waals surface area contributed by atoms with Crippen LogP contribution in [0.3, 0.4) is 0 Å². The first-order valence-electron chi connectivity index (χ1n) is 15.2. The first-order valence-corrected chi connectivity index (χ1v) is 16.4. The third-order valence-corrected chi connectivity index (χ3v) is 8.45. The molecule has 45 heavy (non-hydrogen) atoms. The Kier molecular flexibility index (Phi) is 12.4. The van der Waals surface area contributed by atoms with Gasteiger partial charge in [0.05, 0.1) is 11.8 Å². The summed E-state index contributed by atoms with van der Waals surface area (Å²) in [5.41, 5.74) is 5.14. The van der Waals surface area contributed by atoms with Gasteiger partial charge in [-0.25, -0.2) is 4.79 Å². The molecule has 0 heterocycles. The summed E-state index contributed by atoms with van der Waals surface area (Å²) < 4.78 is 5.42. The lowest BCUT2D eigenvalue weighted by Gasteiger charge is -2.23. The van der Waals surface area contributed by atoms with E-state index >= 15 is 0 Å². The van der Waals surface area contributed by atoms with E-state index in [1.165, 1.54) is 17.3 Å². The molecule has 0 saturated carbocycles. The van der Waals surface area contributed by atoms with Gasteiger partial charge in [0.2, 0.25) is 5.91 Å². The average molecular weight is 623 g/mol. The number of hydrogen-bond donors (Lipinski definition) is 2. The number of amides is 2. The second-order valence-corrected chi connectivity index (χ2v) is 13.1. The highest BCUT2D eigenvalue weighted by atomic mass is 32.2. The number of ketones is 1. The lowest BCUT2D eigenvalue weighted by atomic mass is 9.87. The Morgan fingerprint density at radius 2 is 1.16 bits per heavy atom. The van der Waals surface area contributed by atoms with Crippen LogP contribution in [0.15, 0.2) is 115 Å². The molecule has 4 rings (SSSR count). The van der Waals surface area contributed by atoms with Gasteiger partial charge in [-0.15, -0.1) is 11.8 Å². The number of hydrogen-bond acceptors (Lipinski definition) is 5. The van der Waals surface area contributed by atoms with E-state index in [1.54, 1.807) is 0 Å². The lowest BCUT2D eigenvalue weighted by Crippen LogP contribution is -2.53. The normalized spacial score (nSPS) is 12.5. The maximum Gasteiger partial charge on any atom is 0.408 e. The van der Waals surface area contributed by atoms with Gasteiger partial charge >= 0.3 is 6.09 Å². The van der Waals surface area contributed by atoms with E-state index in [4.69, 9.17) is 4.74 Å². The predicted molar refractivity (Wildman–Crippen MR) is 182 cm³/mol. The molecule has 0 aliphatic heterocycles. The molecule has 0 aliphatic carbocycles. The number of rotatable bonds is 14. The maximum atomic E-state index is 13.7. The van der Waals surface area contributed by atoms with Gasteiger partial charge in [-0.05, 0) is 39.7 Å². The van der Waals surface area contributed by atoms with Gasteiger partial charge in [0.25, 0.3) is 0 Å². The molecule has 0 spiro atoms. The summed E-state index contributed by atoms with van der Waals surface area (Å²) in [6.45, 7) is 6.64. The molecule has 0 saturated heterocycles. The number of carbonyl (C=O) groups is 3. The number of alkyl carbamates (subject to hydrolysis) is 1. The number of nitrogens with one attached hydrogen (secondary N) is 2. The maximum absolute atomic E-state index is 13.7. The number of benzene rings is 4. The van der Waals surface area contributed by atoms with Crippen LogP contribution in [0.4, 0.5) is 4.79 Å². The Balaban J connectivity index is 1.43. The zero-order chi connectivity index (χ0) is 32.1. The van der Waals surface area contributed by atoms with E-state index in [0.717, 1.165) is 22.3 Å². The van der Waals surface area contributed by atoms with Crippen molar-refractivity contribution in [2.75, 3.05) is 5.75 Å². The molecule has 0 aromatic heterocycles. The molecule has 4 aromatic carbocycles. The van der Waals surface area contributed by atoms with E-state index in [2.05, 4.69) is 55.7 Å². The summed E-state index contributed by atoms with van der Waals surface area (Å²) >= 11 is 1.53. The van der Waals surface area contributed by atoms with Crippen LogP contribution in [0, 0.1) is 0 Å². The van der Waals surface area contributed by atoms with E-state index in [9.17, 15) is 14.4 Å². The number of ether oxygens (including phenoxy) is 1. The van der Waals surface area contributed by atoms with E-state index in [1.807, 2.05) is 91.0 Å². The van der Waals surface area contributed by atoms with Crippen LogP contribution in [-0.2, 0) is 44.9 Å². The molecule has 234 valence electrons. The highest BCUT2D eigenvalue weighted by Crippen LogP contribution is 2.23. The van der Waals surface area contributed by atoms with Crippen molar-refractivity contribution in [2.45, 2.75) is 63.5 Å². The second kappa shape index (κ2) is 16.6. The molecule has 0 radical (unpaired) electrons. The molecule has 2 atom stereocenters. The monoisotopic (exact) mass is 622 g/mol. The van der Waals surface area contributed by atoms with Crippen molar-refractivity contribution in [3.8, 4) is 0 Å². The molecule has 0 aliphatic rings. The van der Waals surface area contributed by atoms with Gasteiger partial charge < -0.3 is 15.4 Å². The summed E-state index contributed by atoms with van der Waals surface area (Å²) in [6.07, 6.45) is -0.101. The van der Waals surface area contributed by atoms with Crippen LogP contribution >= 0.6 is 11.8 Å². The SMILES string of the molecule is CC(C)(C)c1ccc(CSCC(=O)C(Cc2ccccc2)NC(=O)[C@H](Cc2ccccc2)NC(=O)OCc2ccccc2)cc1. The minimum absolute atomic E-state index is 0.0753. The molecule has 1 unspecified atom stereocenters. The Hall–Kier alpha value is -4.36. The fraction of sp³-hybridized carbons (Fsp3) is 0.289. The molecule has 2 amide bonds. The third-order valence-electron chi connectivity index (χ3n) is 7.42. The van der Waals surface area contributed by atoms with Gasteiger partial charge in [-0.2, -0.15) is 0 Å². The first kappa shape index (κ1) is 33.5. The average Bonchev–Trinajstić information content (AvgIpc) is 3.04. The molecule has 0 bridgehead atoms. The molecule has 6 nitrogen and oxygen atoms in total. The third kappa shape index (κ3) is 11.3. The number of thioether (sulfide) groups is 1. The van der Waals surface area contributed by atoms with Crippen LogP contribution in [0.5, 0.6) is 0 Å². The van der Waals surface area contributed by atoms with Crippen molar-refractivity contribution < 1.29 is 19.1 Å². The molecule has 4 aromatic rings. The quantitative estimate of drug-likeness (QED) is 0.157. The Morgan fingerprint density at radius 3 is 1.69 bits per heavy atom. The highest BCUT2D eigenvalue weighted by molar-refractivity contribution is 7.99. The lowest BCUT2D eigenvalue weighted by molar-refractivity contribution is -0.128. The van der Waals surface area contributed by atoms with Crippen molar-refractivity contribution >= 4 is 29.5 Å². The minimum atomic E-state index is -0.935. The van der Waals surface area contributed by atoms with Gasteiger partial charge in [0.1, 0.15) is 12.6 Å². The van der Waals surface area contributed by atoms with Crippen molar-refractivity contribution in [3.63, 3.8) is 0 Å². The first-order chi connectivity index (χ1) is 21.7. The fourth-order valence-electron chi connectivity index (χ4n) is 4.80. The molecule has 0 fully saturated rings. The van der Waals surface area contributed by atoms with Crippen molar-refractivity contribution in [3.05, 3.63) is 143 Å². The van der Waals surface area contributed by atoms with Gasteiger partial charge in [-0.1, -0.05) is 136 Å².